The number of furan rings is 1. The number of rotatable bonds is 2. The van der Waals surface area contributed by atoms with Crippen molar-refractivity contribution < 1.29 is 13.3 Å². The predicted molar refractivity (Wildman–Crippen MR) is 73.8 cm³/mol. The molecule has 0 aliphatic carbocycles. The number of halogens is 2. The number of hydrogen-bond donors (Lipinski definition) is 1. The second-order valence-corrected chi connectivity index (χ2v) is 4.69. The molecular formula is C14H10ClFN2O2. The molecule has 0 aliphatic rings. The van der Waals surface area contributed by atoms with Crippen molar-refractivity contribution in [3.05, 3.63) is 46.9 Å². The summed E-state index contributed by atoms with van der Waals surface area (Å²) in [5.74, 6) is 0.919. The number of anilines is 1. The van der Waals surface area contributed by atoms with Crippen LogP contribution in [0.5, 0.6) is 0 Å². The largest absolute Gasteiger partial charge is 0.458 e. The van der Waals surface area contributed by atoms with E-state index in [0.717, 1.165) is 0 Å². The summed E-state index contributed by atoms with van der Waals surface area (Å²) in [6.45, 7) is 1.79. The number of nitrogen functional groups attached to an aromatic ring is 1. The molecular weight excluding hydrogens is 283 g/mol. The standard InChI is InChI=1S/C14H10ClFN2O2/c1-7-5-6-10(19-7)13-12(14(17)18-20-13)11-8(15)3-2-4-9(11)16/h2-6H,1H3,(H2,17,18). The molecule has 3 aromatic rings. The zero-order valence-electron chi connectivity index (χ0n) is 10.5. The van der Waals surface area contributed by atoms with E-state index in [1.807, 2.05) is 0 Å². The van der Waals surface area contributed by atoms with Gasteiger partial charge in [0, 0.05) is 5.56 Å². The molecule has 0 saturated carbocycles. The minimum Gasteiger partial charge on any atom is -0.458 e. The molecule has 4 nitrogen and oxygen atoms in total. The lowest BCUT2D eigenvalue weighted by Crippen LogP contribution is -1.92. The van der Waals surface area contributed by atoms with Gasteiger partial charge in [0.05, 0.1) is 10.6 Å². The first-order valence-electron chi connectivity index (χ1n) is 5.84. The van der Waals surface area contributed by atoms with Crippen LogP contribution >= 0.6 is 11.6 Å². The van der Waals surface area contributed by atoms with Gasteiger partial charge in [-0.25, -0.2) is 4.39 Å². The minimum absolute atomic E-state index is 0.0565. The summed E-state index contributed by atoms with van der Waals surface area (Å²) < 4.78 is 24.7. The first kappa shape index (κ1) is 12.7. The van der Waals surface area contributed by atoms with E-state index < -0.39 is 5.82 Å². The molecule has 2 aromatic heterocycles. The van der Waals surface area contributed by atoms with Crippen LogP contribution in [0.15, 0.2) is 39.3 Å². The zero-order chi connectivity index (χ0) is 14.3. The van der Waals surface area contributed by atoms with Crippen molar-refractivity contribution in [2.75, 3.05) is 5.73 Å². The number of benzene rings is 1. The van der Waals surface area contributed by atoms with Crippen LogP contribution < -0.4 is 5.73 Å². The molecule has 3 rings (SSSR count). The Morgan fingerprint density at radius 3 is 2.65 bits per heavy atom. The number of nitrogens with two attached hydrogens (primary N) is 1. The lowest BCUT2D eigenvalue weighted by atomic mass is 10.0. The Morgan fingerprint density at radius 2 is 2.00 bits per heavy atom. The fourth-order valence-corrected chi connectivity index (χ4v) is 2.26. The van der Waals surface area contributed by atoms with Crippen LogP contribution in [0.3, 0.4) is 0 Å². The maximum absolute atomic E-state index is 14.1. The maximum Gasteiger partial charge on any atom is 0.212 e. The summed E-state index contributed by atoms with van der Waals surface area (Å²) in [7, 11) is 0. The van der Waals surface area contributed by atoms with Gasteiger partial charge in [-0.1, -0.05) is 22.8 Å². The molecule has 0 unspecified atom stereocenters. The molecule has 0 fully saturated rings. The fraction of sp³-hybridized carbons (Fsp3) is 0.0714. The summed E-state index contributed by atoms with van der Waals surface area (Å²) in [5.41, 5.74) is 6.23. The Labute approximate surface area is 118 Å². The molecule has 6 heteroatoms. The Balaban J connectivity index is 2.27. The molecule has 2 heterocycles. The molecule has 0 amide bonds. The average Bonchev–Trinajstić information content (AvgIpc) is 2.97. The Bertz CT molecular complexity index is 759. The number of aryl methyl sites for hydroxylation is 1. The Kier molecular flexibility index (Phi) is 2.99. The van der Waals surface area contributed by atoms with Gasteiger partial charge in [0.2, 0.25) is 5.76 Å². The topological polar surface area (TPSA) is 65.2 Å². The molecule has 0 saturated heterocycles. The van der Waals surface area contributed by atoms with Crippen molar-refractivity contribution in [1.29, 1.82) is 0 Å². The van der Waals surface area contributed by atoms with E-state index in [0.29, 0.717) is 17.1 Å². The molecule has 0 radical (unpaired) electrons. The molecule has 20 heavy (non-hydrogen) atoms. The highest BCUT2D eigenvalue weighted by atomic mass is 35.5. The van der Waals surface area contributed by atoms with Crippen LogP contribution in [0.25, 0.3) is 22.6 Å². The van der Waals surface area contributed by atoms with E-state index in [4.69, 9.17) is 26.3 Å². The molecule has 1 aromatic carbocycles. The second kappa shape index (κ2) is 4.68. The van der Waals surface area contributed by atoms with Crippen LogP contribution in [0, 0.1) is 12.7 Å². The molecule has 0 atom stereocenters. The van der Waals surface area contributed by atoms with Crippen LogP contribution in [-0.4, -0.2) is 5.16 Å². The molecule has 0 aliphatic heterocycles. The quantitative estimate of drug-likeness (QED) is 0.765. The number of aromatic nitrogens is 1. The van der Waals surface area contributed by atoms with Gasteiger partial charge in [0.25, 0.3) is 0 Å². The Morgan fingerprint density at radius 1 is 1.20 bits per heavy atom. The zero-order valence-corrected chi connectivity index (χ0v) is 11.2. The van der Waals surface area contributed by atoms with Gasteiger partial charge in [-0.2, -0.15) is 0 Å². The number of hydrogen-bond acceptors (Lipinski definition) is 4. The predicted octanol–water partition coefficient (Wildman–Crippen LogP) is 4.28. The van der Waals surface area contributed by atoms with Gasteiger partial charge in [-0.15, -0.1) is 0 Å². The highest BCUT2D eigenvalue weighted by molar-refractivity contribution is 6.33. The summed E-state index contributed by atoms with van der Waals surface area (Å²) in [4.78, 5) is 0. The van der Waals surface area contributed by atoms with E-state index in [9.17, 15) is 4.39 Å². The van der Waals surface area contributed by atoms with Crippen LogP contribution in [0.4, 0.5) is 10.2 Å². The van der Waals surface area contributed by atoms with Gasteiger partial charge in [0.1, 0.15) is 11.6 Å². The SMILES string of the molecule is Cc1ccc(-c2onc(N)c2-c2c(F)cccc2Cl)o1. The molecule has 0 bridgehead atoms. The van der Waals surface area contributed by atoms with Crippen molar-refractivity contribution >= 4 is 17.4 Å². The van der Waals surface area contributed by atoms with Gasteiger partial charge in [-0.3, -0.25) is 0 Å². The van der Waals surface area contributed by atoms with E-state index in [1.165, 1.54) is 12.1 Å². The third kappa shape index (κ3) is 1.96. The second-order valence-electron chi connectivity index (χ2n) is 4.28. The van der Waals surface area contributed by atoms with Gasteiger partial charge < -0.3 is 14.7 Å². The molecule has 2 N–H and O–H groups in total. The highest BCUT2D eigenvalue weighted by Crippen LogP contribution is 2.41. The monoisotopic (exact) mass is 292 g/mol. The van der Waals surface area contributed by atoms with Gasteiger partial charge in [-0.05, 0) is 31.2 Å². The lowest BCUT2D eigenvalue weighted by molar-refractivity contribution is 0.418. The van der Waals surface area contributed by atoms with E-state index in [-0.39, 0.29) is 22.2 Å². The first-order valence-corrected chi connectivity index (χ1v) is 6.22. The Hall–Kier alpha value is -2.27. The minimum atomic E-state index is -0.503. The third-order valence-corrected chi connectivity index (χ3v) is 3.21. The van der Waals surface area contributed by atoms with E-state index >= 15 is 0 Å². The first-order chi connectivity index (χ1) is 9.58. The van der Waals surface area contributed by atoms with E-state index in [1.54, 1.807) is 25.1 Å². The van der Waals surface area contributed by atoms with Crippen molar-refractivity contribution in [2.45, 2.75) is 6.92 Å². The summed E-state index contributed by atoms with van der Waals surface area (Å²) in [5, 5.41) is 3.90. The number of nitrogens with zero attached hydrogens (tertiary/aromatic N) is 1. The van der Waals surface area contributed by atoms with Crippen LogP contribution in [-0.2, 0) is 0 Å². The molecule has 0 spiro atoms. The van der Waals surface area contributed by atoms with Crippen LogP contribution in [0.1, 0.15) is 5.76 Å². The smallest absolute Gasteiger partial charge is 0.212 e. The van der Waals surface area contributed by atoms with Gasteiger partial charge in [0.15, 0.2) is 11.6 Å². The van der Waals surface area contributed by atoms with Gasteiger partial charge >= 0.3 is 0 Å². The van der Waals surface area contributed by atoms with Crippen molar-refractivity contribution in [1.82, 2.24) is 5.16 Å². The van der Waals surface area contributed by atoms with E-state index in [2.05, 4.69) is 5.16 Å². The summed E-state index contributed by atoms with van der Waals surface area (Å²) >= 11 is 6.06. The average molecular weight is 293 g/mol. The normalized spacial score (nSPS) is 10.9. The van der Waals surface area contributed by atoms with Crippen molar-refractivity contribution in [2.24, 2.45) is 0 Å². The molecule has 102 valence electrons. The lowest BCUT2D eigenvalue weighted by Gasteiger charge is -2.05. The summed E-state index contributed by atoms with van der Waals surface area (Å²) in [6.07, 6.45) is 0. The van der Waals surface area contributed by atoms with Crippen molar-refractivity contribution in [3.63, 3.8) is 0 Å². The summed E-state index contributed by atoms with van der Waals surface area (Å²) in [6, 6.07) is 7.85. The third-order valence-electron chi connectivity index (χ3n) is 2.90. The van der Waals surface area contributed by atoms with Crippen LogP contribution in [0.2, 0.25) is 5.02 Å². The maximum atomic E-state index is 14.1. The fourth-order valence-electron chi connectivity index (χ4n) is 2.01. The highest BCUT2D eigenvalue weighted by Gasteiger charge is 2.24. The van der Waals surface area contributed by atoms with Crippen molar-refractivity contribution in [3.8, 4) is 22.6 Å².